The maximum absolute atomic E-state index is 13.2. The molecule has 1 aromatic carbocycles. The van der Waals surface area contributed by atoms with Crippen LogP contribution in [0.5, 0.6) is 5.75 Å². The normalized spacial score (nSPS) is 22.4. The summed E-state index contributed by atoms with van der Waals surface area (Å²) >= 11 is 0. The van der Waals surface area contributed by atoms with Crippen molar-refractivity contribution in [3.05, 3.63) is 29.6 Å². The number of hydrogen-bond donors (Lipinski definition) is 1. The minimum Gasteiger partial charge on any atom is -0.487 e. The van der Waals surface area contributed by atoms with Gasteiger partial charge in [0.15, 0.2) is 0 Å². The molecule has 0 unspecified atom stereocenters. The van der Waals surface area contributed by atoms with Crippen LogP contribution in [-0.4, -0.2) is 5.60 Å². The van der Waals surface area contributed by atoms with Gasteiger partial charge in [-0.15, -0.1) is 0 Å². The van der Waals surface area contributed by atoms with Crippen LogP contribution >= 0.6 is 0 Å². The maximum atomic E-state index is 13.2. The molecule has 88 valence electrons. The lowest BCUT2D eigenvalue weighted by atomic mass is 9.84. The summed E-state index contributed by atoms with van der Waals surface area (Å²) in [6.07, 6.45) is 2.60. The standard InChI is InChI=1S/C13H18FNO/c1-3-13(4-2)8-11(15)10-6-5-9(14)7-12(10)16-13/h5-7,11H,3-4,8,15H2,1-2H3/t11-/m1/s1. The first-order valence-electron chi connectivity index (χ1n) is 5.84. The predicted octanol–water partition coefficient (Wildman–Crippen LogP) is 3.17. The topological polar surface area (TPSA) is 35.2 Å². The quantitative estimate of drug-likeness (QED) is 0.835. The van der Waals surface area contributed by atoms with Crippen molar-refractivity contribution in [3.8, 4) is 5.75 Å². The van der Waals surface area contributed by atoms with Gasteiger partial charge in [-0.3, -0.25) is 0 Å². The maximum Gasteiger partial charge on any atom is 0.127 e. The Labute approximate surface area is 95.6 Å². The van der Waals surface area contributed by atoms with Crippen LogP contribution in [0.25, 0.3) is 0 Å². The lowest BCUT2D eigenvalue weighted by Gasteiger charge is -2.40. The third-order valence-corrected chi connectivity index (χ3v) is 3.58. The minimum absolute atomic E-state index is 0.0516. The second-order valence-electron chi connectivity index (χ2n) is 4.48. The van der Waals surface area contributed by atoms with Crippen LogP contribution < -0.4 is 10.5 Å². The lowest BCUT2D eigenvalue weighted by Crippen LogP contribution is -2.42. The van der Waals surface area contributed by atoms with E-state index in [1.165, 1.54) is 12.1 Å². The Bertz CT molecular complexity index is 388. The molecule has 1 aromatic rings. The van der Waals surface area contributed by atoms with E-state index in [0.717, 1.165) is 24.8 Å². The summed E-state index contributed by atoms with van der Waals surface area (Å²) in [5, 5.41) is 0. The Morgan fingerprint density at radius 3 is 2.75 bits per heavy atom. The van der Waals surface area contributed by atoms with Gasteiger partial charge in [-0.05, 0) is 18.9 Å². The first-order chi connectivity index (χ1) is 7.60. The zero-order valence-electron chi connectivity index (χ0n) is 9.79. The molecule has 0 spiro atoms. The fraction of sp³-hybridized carbons (Fsp3) is 0.538. The first-order valence-corrected chi connectivity index (χ1v) is 5.84. The molecule has 0 aliphatic carbocycles. The van der Waals surface area contributed by atoms with Gasteiger partial charge in [0.05, 0.1) is 0 Å². The first kappa shape index (κ1) is 11.4. The summed E-state index contributed by atoms with van der Waals surface area (Å²) in [6.45, 7) is 4.17. The Hall–Kier alpha value is -1.09. The van der Waals surface area contributed by atoms with E-state index < -0.39 is 0 Å². The van der Waals surface area contributed by atoms with E-state index in [-0.39, 0.29) is 17.5 Å². The molecule has 0 radical (unpaired) electrons. The summed E-state index contributed by atoms with van der Waals surface area (Å²) in [5.74, 6) is 0.344. The number of rotatable bonds is 2. The molecule has 0 saturated carbocycles. The average molecular weight is 223 g/mol. The molecule has 0 fully saturated rings. The van der Waals surface area contributed by atoms with Crippen LogP contribution in [0.3, 0.4) is 0 Å². The summed E-state index contributed by atoms with van der Waals surface area (Å²) in [4.78, 5) is 0. The number of fused-ring (bicyclic) bond motifs is 1. The SMILES string of the molecule is CCC1(CC)C[C@@H](N)c2ccc(F)cc2O1. The molecule has 2 nitrogen and oxygen atoms in total. The van der Waals surface area contributed by atoms with Crippen molar-refractivity contribution < 1.29 is 9.13 Å². The van der Waals surface area contributed by atoms with E-state index in [9.17, 15) is 4.39 Å². The molecule has 0 amide bonds. The van der Waals surface area contributed by atoms with E-state index in [4.69, 9.17) is 10.5 Å². The summed E-state index contributed by atoms with van der Waals surface area (Å²) in [6, 6.07) is 4.55. The van der Waals surface area contributed by atoms with Crippen molar-refractivity contribution in [1.29, 1.82) is 0 Å². The zero-order valence-corrected chi connectivity index (χ0v) is 9.79. The molecule has 3 heteroatoms. The van der Waals surface area contributed by atoms with Crippen LogP contribution in [0.2, 0.25) is 0 Å². The number of nitrogens with two attached hydrogens (primary N) is 1. The summed E-state index contributed by atoms with van der Waals surface area (Å²) in [5.41, 5.74) is 6.81. The van der Waals surface area contributed by atoms with Gasteiger partial charge in [0.2, 0.25) is 0 Å². The molecule has 1 aliphatic heterocycles. The van der Waals surface area contributed by atoms with Gasteiger partial charge < -0.3 is 10.5 Å². The lowest BCUT2D eigenvalue weighted by molar-refractivity contribution is 0.0279. The highest BCUT2D eigenvalue weighted by atomic mass is 19.1. The van der Waals surface area contributed by atoms with E-state index >= 15 is 0 Å². The van der Waals surface area contributed by atoms with Crippen molar-refractivity contribution in [1.82, 2.24) is 0 Å². The largest absolute Gasteiger partial charge is 0.487 e. The van der Waals surface area contributed by atoms with Gasteiger partial charge in [-0.25, -0.2) is 4.39 Å². The Kier molecular flexibility index (Phi) is 2.89. The monoisotopic (exact) mass is 223 g/mol. The molecule has 2 rings (SSSR count). The molecule has 16 heavy (non-hydrogen) atoms. The summed E-state index contributed by atoms with van der Waals surface area (Å²) in [7, 11) is 0. The van der Waals surface area contributed by atoms with Gasteiger partial charge in [0.25, 0.3) is 0 Å². The highest BCUT2D eigenvalue weighted by Crippen LogP contribution is 2.41. The highest BCUT2D eigenvalue weighted by molar-refractivity contribution is 5.39. The van der Waals surface area contributed by atoms with Crippen molar-refractivity contribution in [2.24, 2.45) is 5.73 Å². The zero-order chi connectivity index (χ0) is 11.8. The number of ether oxygens (including phenoxy) is 1. The molecule has 1 heterocycles. The van der Waals surface area contributed by atoms with Crippen LogP contribution in [0.4, 0.5) is 4.39 Å². The van der Waals surface area contributed by atoms with Crippen molar-refractivity contribution in [3.63, 3.8) is 0 Å². The molecular weight excluding hydrogens is 205 g/mol. The Morgan fingerprint density at radius 1 is 1.44 bits per heavy atom. The average Bonchev–Trinajstić information content (AvgIpc) is 2.28. The molecule has 1 aliphatic rings. The van der Waals surface area contributed by atoms with Crippen LogP contribution in [-0.2, 0) is 0 Å². The molecule has 0 aromatic heterocycles. The van der Waals surface area contributed by atoms with Crippen LogP contribution in [0.15, 0.2) is 18.2 Å². The third kappa shape index (κ3) is 1.80. The van der Waals surface area contributed by atoms with Crippen LogP contribution in [0, 0.1) is 5.82 Å². The van der Waals surface area contributed by atoms with Crippen molar-refractivity contribution in [2.45, 2.75) is 44.8 Å². The minimum atomic E-state index is -0.269. The fourth-order valence-electron chi connectivity index (χ4n) is 2.37. The van der Waals surface area contributed by atoms with Gasteiger partial charge in [0.1, 0.15) is 17.2 Å². The van der Waals surface area contributed by atoms with Crippen molar-refractivity contribution in [2.75, 3.05) is 0 Å². The molecule has 2 N–H and O–H groups in total. The van der Waals surface area contributed by atoms with E-state index in [1.54, 1.807) is 6.07 Å². The Balaban J connectivity index is 2.41. The highest BCUT2D eigenvalue weighted by Gasteiger charge is 2.37. The van der Waals surface area contributed by atoms with E-state index in [1.807, 2.05) is 0 Å². The predicted molar refractivity (Wildman–Crippen MR) is 61.9 cm³/mol. The van der Waals surface area contributed by atoms with Gasteiger partial charge >= 0.3 is 0 Å². The molecular formula is C13H18FNO. The fourth-order valence-corrected chi connectivity index (χ4v) is 2.37. The smallest absolute Gasteiger partial charge is 0.127 e. The second kappa shape index (κ2) is 4.06. The van der Waals surface area contributed by atoms with Crippen LogP contribution in [0.1, 0.15) is 44.7 Å². The van der Waals surface area contributed by atoms with Crippen molar-refractivity contribution >= 4 is 0 Å². The van der Waals surface area contributed by atoms with Gasteiger partial charge in [0, 0.05) is 24.1 Å². The van der Waals surface area contributed by atoms with E-state index in [0.29, 0.717) is 5.75 Å². The number of halogens is 1. The number of hydrogen-bond acceptors (Lipinski definition) is 2. The van der Waals surface area contributed by atoms with Gasteiger partial charge in [-0.1, -0.05) is 19.9 Å². The third-order valence-electron chi connectivity index (χ3n) is 3.58. The molecule has 0 bridgehead atoms. The number of benzene rings is 1. The summed E-state index contributed by atoms with van der Waals surface area (Å²) < 4.78 is 19.1. The molecule has 1 atom stereocenters. The van der Waals surface area contributed by atoms with Gasteiger partial charge in [-0.2, -0.15) is 0 Å². The second-order valence-corrected chi connectivity index (χ2v) is 4.48. The van der Waals surface area contributed by atoms with E-state index in [2.05, 4.69) is 13.8 Å². The Morgan fingerprint density at radius 2 is 2.12 bits per heavy atom. The molecule has 0 saturated heterocycles.